The van der Waals surface area contributed by atoms with Crippen molar-refractivity contribution in [3.8, 4) is 0 Å². The van der Waals surface area contributed by atoms with Gasteiger partial charge in [0.15, 0.2) is 5.58 Å². The molecule has 0 aliphatic carbocycles. The average Bonchev–Trinajstić information content (AvgIpc) is 3.30. The summed E-state index contributed by atoms with van der Waals surface area (Å²) in [5.74, 6) is -0.674. The maximum atomic E-state index is 12.1. The molecule has 0 unspecified atom stereocenters. The number of nitro groups is 1. The number of rotatable bonds is 9. The fourth-order valence-corrected chi connectivity index (χ4v) is 4.37. The van der Waals surface area contributed by atoms with Crippen LogP contribution in [0.2, 0.25) is 0 Å². The van der Waals surface area contributed by atoms with Gasteiger partial charge in [-0.3, -0.25) is 19.5 Å². The number of carbonyl (C=O) groups excluding carboxylic acids is 1. The molecular formula is C21H20N4O5S. The first-order valence-electron chi connectivity index (χ1n) is 9.90. The van der Waals surface area contributed by atoms with Crippen molar-refractivity contribution < 1.29 is 14.1 Å². The molecule has 1 N–H and O–H groups in total. The molecule has 4 rings (SSSR count). The summed E-state index contributed by atoms with van der Waals surface area (Å²) in [6.45, 7) is 0.857. The Morgan fingerprint density at radius 2 is 2.06 bits per heavy atom. The summed E-state index contributed by atoms with van der Waals surface area (Å²) < 4.78 is 7.64. The molecule has 31 heavy (non-hydrogen) atoms. The molecule has 2 aromatic heterocycles. The highest BCUT2D eigenvalue weighted by Crippen LogP contribution is 2.22. The van der Waals surface area contributed by atoms with Gasteiger partial charge in [-0.25, -0.2) is 9.78 Å². The van der Waals surface area contributed by atoms with Crippen LogP contribution in [0.5, 0.6) is 0 Å². The molecule has 0 aliphatic rings. The molecule has 4 aromatic rings. The van der Waals surface area contributed by atoms with Crippen molar-refractivity contribution in [2.24, 2.45) is 0 Å². The number of nitro benzene ring substituents is 1. The third-order valence-electron chi connectivity index (χ3n) is 4.88. The van der Waals surface area contributed by atoms with Crippen molar-refractivity contribution in [3.63, 3.8) is 0 Å². The van der Waals surface area contributed by atoms with E-state index < -0.39 is 10.7 Å². The van der Waals surface area contributed by atoms with Crippen LogP contribution >= 0.6 is 11.3 Å². The van der Waals surface area contributed by atoms with Crippen LogP contribution in [-0.4, -0.2) is 26.9 Å². The maximum absolute atomic E-state index is 12.1. The van der Waals surface area contributed by atoms with Gasteiger partial charge in [0.05, 0.1) is 31.7 Å². The summed E-state index contributed by atoms with van der Waals surface area (Å²) in [7, 11) is 0. The lowest BCUT2D eigenvalue weighted by molar-refractivity contribution is -0.384. The number of non-ortho nitro benzene ring substituents is 1. The molecule has 0 fully saturated rings. The van der Waals surface area contributed by atoms with Crippen LogP contribution in [0.25, 0.3) is 21.3 Å². The van der Waals surface area contributed by atoms with Gasteiger partial charge < -0.3 is 9.73 Å². The number of benzene rings is 2. The molecule has 0 radical (unpaired) electrons. The van der Waals surface area contributed by atoms with Crippen LogP contribution in [0.3, 0.4) is 0 Å². The van der Waals surface area contributed by atoms with Gasteiger partial charge in [0.2, 0.25) is 5.91 Å². The Morgan fingerprint density at radius 3 is 2.87 bits per heavy atom. The number of thiazole rings is 1. The highest BCUT2D eigenvalue weighted by Gasteiger charge is 2.14. The van der Waals surface area contributed by atoms with E-state index in [1.165, 1.54) is 22.8 Å². The minimum atomic E-state index is -0.591. The molecule has 1 amide bonds. The number of nitrogens with one attached hydrogen (secondary N) is 1. The number of aryl methyl sites for hydroxylation is 2. The second-order valence-corrected chi connectivity index (χ2v) is 8.18. The molecule has 2 aromatic carbocycles. The molecule has 0 saturated heterocycles. The van der Waals surface area contributed by atoms with Crippen LogP contribution < -0.4 is 11.1 Å². The first kappa shape index (κ1) is 20.7. The molecule has 0 atom stereocenters. The van der Waals surface area contributed by atoms with E-state index in [1.54, 1.807) is 11.3 Å². The number of nitrogens with zero attached hydrogens (tertiary/aromatic N) is 3. The van der Waals surface area contributed by atoms with Crippen LogP contribution in [0, 0.1) is 10.1 Å². The summed E-state index contributed by atoms with van der Waals surface area (Å²) in [5.41, 5.74) is 1.51. The van der Waals surface area contributed by atoms with Gasteiger partial charge in [-0.05, 0) is 31.0 Å². The average molecular weight is 440 g/mol. The number of amides is 1. The Balaban J connectivity index is 1.22. The van der Waals surface area contributed by atoms with Crippen molar-refractivity contribution in [2.45, 2.75) is 32.2 Å². The van der Waals surface area contributed by atoms with Crippen molar-refractivity contribution in [2.75, 3.05) is 6.54 Å². The van der Waals surface area contributed by atoms with Gasteiger partial charge in [0, 0.05) is 32.0 Å². The Hall–Kier alpha value is -3.53. The van der Waals surface area contributed by atoms with Crippen molar-refractivity contribution in [3.05, 3.63) is 68.1 Å². The molecular weight excluding hydrogens is 420 g/mol. The number of hydrogen-bond donors (Lipinski definition) is 1. The van der Waals surface area contributed by atoms with Gasteiger partial charge in [0.1, 0.15) is 0 Å². The Labute approximate surface area is 180 Å². The van der Waals surface area contributed by atoms with Gasteiger partial charge in [-0.1, -0.05) is 12.1 Å². The number of para-hydroxylation sites is 1. The van der Waals surface area contributed by atoms with Gasteiger partial charge in [-0.15, -0.1) is 11.3 Å². The Morgan fingerprint density at radius 1 is 1.23 bits per heavy atom. The van der Waals surface area contributed by atoms with E-state index >= 15 is 0 Å². The zero-order valence-corrected chi connectivity index (χ0v) is 17.4. The standard InChI is InChI=1S/C21H20N4O5S/c26-19(22-11-3-8-20-23-15-5-1-2-6-18(15)31-20)7-4-12-24-16-10-9-14(25(28)29)13-17(16)30-21(24)27/h1-2,5-6,9-10,13H,3-4,7-8,11-12H2,(H,22,26). The van der Waals surface area contributed by atoms with E-state index in [4.69, 9.17) is 4.42 Å². The predicted molar refractivity (Wildman–Crippen MR) is 117 cm³/mol. The highest BCUT2D eigenvalue weighted by molar-refractivity contribution is 7.18. The zero-order valence-electron chi connectivity index (χ0n) is 16.6. The third kappa shape index (κ3) is 4.80. The van der Waals surface area contributed by atoms with E-state index in [0.29, 0.717) is 25.0 Å². The van der Waals surface area contributed by atoms with Gasteiger partial charge in [0.25, 0.3) is 5.69 Å². The molecule has 0 saturated carbocycles. The zero-order chi connectivity index (χ0) is 21.8. The molecule has 160 valence electrons. The fourth-order valence-electron chi connectivity index (χ4n) is 3.36. The molecule has 0 spiro atoms. The second-order valence-electron chi connectivity index (χ2n) is 7.06. The summed E-state index contributed by atoms with van der Waals surface area (Å²) in [4.78, 5) is 39.0. The molecule has 10 heteroatoms. The van der Waals surface area contributed by atoms with Crippen LogP contribution in [0.15, 0.2) is 51.7 Å². The van der Waals surface area contributed by atoms with Crippen LogP contribution in [-0.2, 0) is 17.8 Å². The topological polar surface area (TPSA) is 120 Å². The molecule has 0 aliphatic heterocycles. The normalized spacial score (nSPS) is 11.2. The summed E-state index contributed by atoms with van der Waals surface area (Å²) >= 11 is 1.67. The summed E-state index contributed by atoms with van der Waals surface area (Å²) in [5, 5.41) is 14.8. The molecule has 0 bridgehead atoms. The SMILES string of the molecule is O=C(CCCn1c(=O)oc2cc([N+](=O)[O-])ccc21)NCCCc1nc2ccccc2s1. The fraction of sp³-hybridized carbons (Fsp3) is 0.286. The number of carbonyl (C=O) groups is 1. The number of fused-ring (bicyclic) bond motifs is 2. The first-order valence-corrected chi connectivity index (χ1v) is 10.7. The predicted octanol–water partition coefficient (Wildman–Crippen LogP) is 3.64. The van der Waals surface area contributed by atoms with Gasteiger partial charge >= 0.3 is 5.76 Å². The second kappa shape index (κ2) is 9.09. The lowest BCUT2D eigenvalue weighted by Crippen LogP contribution is -2.25. The quantitative estimate of drug-likeness (QED) is 0.241. The summed E-state index contributed by atoms with van der Waals surface area (Å²) in [6, 6.07) is 12.0. The van der Waals surface area contributed by atoms with E-state index in [0.717, 1.165) is 28.1 Å². The van der Waals surface area contributed by atoms with Crippen LogP contribution in [0.1, 0.15) is 24.3 Å². The van der Waals surface area contributed by atoms with E-state index in [2.05, 4.69) is 10.3 Å². The minimum Gasteiger partial charge on any atom is -0.407 e. The van der Waals surface area contributed by atoms with Crippen molar-refractivity contribution in [1.82, 2.24) is 14.9 Å². The van der Waals surface area contributed by atoms with E-state index in [1.807, 2.05) is 24.3 Å². The van der Waals surface area contributed by atoms with E-state index in [9.17, 15) is 19.7 Å². The summed E-state index contributed by atoms with van der Waals surface area (Å²) in [6.07, 6.45) is 2.33. The molecule has 2 heterocycles. The minimum absolute atomic E-state index is 0.0826. The van der Waals surface area contributed by atoms with Crippen LogP contribution in [0.4, 0.5) is 5.69 Å². The largest absolute Gasteiger partial charge is 0.419 e. The lowest BCUT2D eigenvalue weighted by Gasteiger charge is -2.05. The van der Waals surface area contributed by atoms with Crippen molar-refractivity contribution in [1.29, 1.82) is 0 Å². The number of oxazole rings is 1. The molecule has 9 nitrogen and oxygen atoms in total. The van der Waals surface area contributed by atoms with E-state index in [-0.39, 0.29) is 23.6 Å². The monoisotopic (exact) mass is 440 g/mol. The Bertz CT molecular complexity index is 1270. The number of hydrogen-bond acceptors (Lipinski definition) is 7. The smallest absolute Gasteiger partial charge is 0.407 e. The van der Waals surface area contributed by atoms with Crippen molar-refractivity contribution >= 4 is 44.2 Å². The highest BCUT2D eigenvalue weighted by atomic mass is 32.1. The maximum Gasteiger partial charge on any atom is 0.419 e. The lowest BCUT2D eigenvalue weighted by atomic mass is 10.2. The first-order chi connectivity index (χ1) is 15.0. The third-order valence-corrected chi connectivity index (χ3v) is 5.97. The van der Waals surface area contributed by atoms with Gasteiger partial charge in [-0.2, -0.15) is 0 Å². The Kier molecular flexibility index (Phi) is 6.08. The number of aromatic nitrogens is 2.